The maximum absolute atomic E-state index is 10.6. The first-order chi connectivity index (χ1) is 13.0. The van der Waals surface area contributed by atoms with Gasteiger partial charge in [-0.1, -0.05) is 0 Å². The lowest BCUT2D eigenvalue weighted by atomic mass is 10.2. The van der Waals surface area contributed by atoms with Crippen LogP contribution < -0.4 is 4.74 Å². The second-order valence-electron chi connectivity index (χ2n) is 6.71. The third-order valence-electron chi connectivity index (χ3n) is 4.33. The average molecular weight is 413 g/mol. The Morgan fingerprint density at radius 3 is 2.82 bits per heavy atom. The Kier molecular flexibility index (Phi) is 8.18. The van der Waals surface area contributed by atoms with Crippen LogP contribution in [0, 0.1) is 17.0 Å². The van der Waals surface area contributed by atoms with Crippen LogP contribution in [-0.2, 0) is 11.3 Å². The highest BCUT2D eigenvalue weighted by molar-refractivity contribution is 5.85. The number of rotatable bonds is 8. The van der Waals surface area contributed by atoms with Crippen molar-refractivity contribution in [2.75, 3.05) is 32.8 Å². The number of β-amino-alcohol motifs (C(OH)–C–C–N with tert-alkyl or cyclic N) is 1. The van der Waals surface area contributed by atoms with E-state index in [1.54, 1.807) is 0 Å². The summed E-state index contributed by atoms with van der Waals surface area (Å²) in [4.78, 5) is 12.3. The molecule has 2 unspecified atom stereocenters. The van der Waals surface area contributed by atoms with E-state index in [0.29, 0.717) is 32.0 Å². The molecule has 1 aliphatic rings. The fourth-order valence-corrected chi connectivity index (χ4v) is 3.04. The van der Waals surface area contributed by atoms with E-state index in [1.165, 1.54) is 24.3 Å². The summed E-state index contributed by atoms with van der Waals surface area (Å²) in [6.45, 7) is 5.36. The molecule has 0 radical (unpaired) electrons. The number of nitrogens with zero attached hydrogens (tertiary/aromatic N) is 4. The standard InChI is InChI=1S/C18H24N4O5.ClH/c1-14-8-19-21(9-14)12-18-11-20(6-7-26-18)10-16(23)13-27-17-4-2-15(3-5-17)22(24)25;/h2-5,8-9,16,18,23H,6-7,10-13H2,1H3;1H. The van der Waals surface area contributed by atoms with Crippen molar-refractivity contribution in [3.05, 3.63) is 52.3 Å². The number of aliphatic hydroxyl groups is 1. The van der Waals surface area contributed by atoms with E-state index in [9.17, 15) is 15.2 Å². The van der Waals surface area contributed by atoms with E-state index < -0.39 is 11.0 Å². The lowest BCUT2D eigenvalue weighted by Gasteiger charge is -2.33. The summed E-state index contributed by atoms with van der Waals surface area (Å²) in [5.74, 6) is 0.494. The minimum Gasteiger partial charge on any atom is -0.491 e. The molecule has 1 fully saturated rings. The van der Waals surface area contributed by atoms with Crippen LogP contribution in [0.4, 0.5) is 5.69 Å². The monoisotopic (exact) mass is 412 g/mol. The number of hydrogen-bond donors (Lipinski definition) is 1. The molecule has 28 heavy (non-hydrogen) atoms. The lowest BCUT2D eigenvalue weighted by Crippen LogP contribution is -2.47. The molecule has 3 rings (SSSR count). The van der Waals surface area contributed by atoms with Crippen LogP contribution in [0.25, 0.3) is 0 Å². The fourth-order valence-electron chi connectivity index (χ4n) is 3.04. The molecule has 154 valence electrons. The number of nitro benzene ring substituents is 1. The largest absolute Gasteiger partial charge is 0.491 e. The van der Waals surface area contributed by atoms with E-state index in [-0.39, 0.29) is 30.8 Å². The maximum atomic E-state index is 10.6. The van der Waals surface area contributed by atoms with Gasteiger partial charge in [-0.25, -0.2) is 0 Å². The highest BCUT2D eigenvalue weighted by Crippen LogP contribution is 2.17. The third-order valence-corrected chi connectivity index (χ3v) is 4.33. The Bertz CT molecular complexity index is 755. The number of aryl methyl sites for hydroxylation is 1. The number of non-ortho nitro benzene ring substituents is 1. The second kappa shape index (κ2) is 10.4. The molecule has 10 heteroatoms. The van der Waals surface area contributed by atoms with Crippen LogP contribution in [-0.4, -0.2) is 69.8 Å². The summed E-state index contributed by atoms with van der Waals surface area (Å²) in [5, 5.41) is 25.2. The fraction of sp³-hybridized carbons (Fsp3) is 0.500. The molecule has 0 spiro atoms. The molecular formula is C18H25ClN4O5. The van der Waals surface area contributed by atoms with Gasteiger partial charge >= 0.3 is 0 Å². The van der Waals surface area contributed by atoms with E-state index in [4.69, 9.17) is 9.47 Å². The van der Waals surface area contributed by atoms with Crippen LogP contribution in [0.1, 0.15) is 5.56 Å². The first kappa shape index (κ1) is 22.1. The molecule has 1 aromatic heterocycles. The molecular weight excluding hydrogens is 388 g/mol. The quantitative estimate of drug-likeness (QED) is 0.519. The Balaban J connectivity index is 0.00000280. The first-order valence-electron chi connectivity index (χ1n) is 8.88. The normalized spacial score (nSPS) is 18.3. The van der Waals surface area contributed by atoms with Gasteiger partial charge in [-0.2, -0.15) is 5.10 Å². The van der Waals surface area contributed by atoms with Gasteiger partial charge < -0.3 is 14.6 Å². The summed E-state index contributed by atoms with van der Waals surface area (Å²) >= 11 is 0. The second-order valence-corrected chi connectivity index (χ2v) is 6.71. The van der Waals surface area contributed by atoms with Crippen molar-refractivity contribution >= 4 is 18.1 Å². The predicted molar refractivity (Wildman–Crippen MR) is 105 cm³/mol. The Hall–Kier alpha value is -2.20. The van der Waals surface area contributed by atoms with Gasteiger partial charge in [0.1, 0.15) is 18.5 Å². The van der Waals surface area contributed by atoms with Crippen molar-refractivity contribution in [1.82, 2.24) is 14.7 Å². The van der Waals surface area contributed by atoms with Gasteiger partial charge in [0.05, 0.1) is 30.4 Å². The lowest BCUT2D eigenvalue weighted by molar-refractivity contribution is -0.384. The molecule has 2 atom stereocenters. The van der Waals surface area contributed by atoms with Crippen molar-refractivity contribution in [2.24, 2.45) is 0 Å². The van der Waals surface area contributed by atoms with Gasteiger partial charge in [-0.05, 0) is 24.6 Å². The Morgan fingerprint density at radius 1 is 1.43 bits per heavy atom. The summed E-state index contributed by atoms with van der Waals surface area (Å²) in [6.07, 6.45) is 3.17. The molecule has 1 saturated heterocycles. The maximum Gasteiger partial charge on any atom is 0.269 e. The van der Waals surface area contributed by atoms with E-state index >= 15 is 0 Å². The molecule has 0 bridgehead atoms. The number of morpholine rings is 1. The number of aromatic nitrogens is 2. The summed E-state index contributed by atoms with van der Waals surface area (Å²) < 4.78 is 13.2. The van der Waals surface area contributed by atoms with Crippen LogP contribution in [0.5, 0.6) is 5.75 Å². The van der Waals surface area contributed by atoms with Gasteiger partial charge in [-0.15, -0.1) is 12.4 Å². The van der Waals surface area contributed by atoms with Crippen molar-refractivity contribution in [2.45, 2.75) is 25.7 Å². The van der Waals surface area contributed by atoms with Crippen molar-refractivity contribution < 1.29 is 19.5 Å². The van der Waals surface area contributed by atoms with Crippen LogP contribution in [0.2, 0.25) is 0 Å². The molecule has 0 saturated carbocycles. The van der Waals surface area contributed by atoms with Gasteiger partial charge in [0.25, 0.3) is 5.69 Å². The number of benzene rings is 1. The number of halogens is 1. The predicted octanol–water partition coefficient (Wildman–Crippen LogP) is 1.66. The average Bonchev–Trinajstić information content (AvgIpc) is 3.05. The van der Waals surface area contributed by atoms with Crippen LogP contribution in [0.15, 0.2) is 36.7 Å². The van der Waals surface area contributed by atoms with Gasteiger partial charge in [-0.3, -0.25) is 19.7 Å². The highest BCUT2D eigenvalue weighted by Gasteiger charge is 2.23. The van der Waals surface area contributed by atoms with Crippen LogP contribution >= 0.6 is 12.4 Å². The van der Waals surface area contributed by atoms with Gasteiger partial charge in [0, 0.05) is 38.0 Å². The van der Waals surface area contributed by atoms with E-state index in [0.717, 1.165) is 12.1 Å². The number of hydrogen-bond acceptors (Lipinski definition) is 7. The Morgan fingerprint density at radius 2 is 2.18 bits per heavy atom. The van der Waals surface area contributed by atoms with Crippen molar-refractivity contribution in [3.8, 4) is 5.75 Å². The first-order valence-corrected chi connectivity index (χ1v) is 8.88. The van der Waals surface area contributed by atoms with Crippen molar-refractivity contribution in [1.29, 1.82) is 0 Å². The molecule has 9 nitrogen and oxygen atoms in total. The minimum absolute atomic E-state index is 0. The zero-order valence-electron chi connectivity index (χ0n) is 15.6. The van der Waals surface area contributed by atoms with Crippen molar-refractivity contribution in [3.63, 3.8) is 0 Å². The molecule has 0 amide bonds. The smallest absolute Gasteiger partial charge is 0.269 e. The molecule has 0 aliphatic carbocycles. The SMILES string of the molecule is Cc1cnn(CC2CN(CC(O)COc3ccc([N+](=O)[O-])cc3)CCO2)c1.Cl. The highest BCUT2D eigenvalue weighted by atomic mass is 35.5. The number of aliphatic hydroxyl groups excluding tert-OH is 1. The third kappa shape index (κ3) is 6.45. The summed E-state index contributed by atoms with van der Waals surface area (Å²) in [5.41, 5.74) is 1.12. The number of ether oxygens (including phenoxy) is 2. The minimum atomic E-state index is -0.661. The molecule has 2 heterocycles. The Labute approximate surface area is 169 Å². The van der Waals surface area contributed by atoms with Gasteiger partial charge in [0.2, 0.25) is 0 Å². The van der Waals surface area contributed by atoms with Gasteiger partial charge in [0.15, 0.2) is 0 Å². The van der Waals surface area contributed by atoms with Crippen LogP contribution in [0.3, 0.4) is 0 Å². The number of nitro groups is 1. The molecule has 1 aliphatic heterocycles. The molecule has 1 aromatic carbocycles. The molecule has 2 aromatic rings. The summed E-state index contributed by atoms with van der Waals surface area (Å²) in [7, 11) is 0. The zero-order valence-corrected chi connectivity index (χ0v) is 16.5. The van der Waals surface area contributed by atoms with E-state index in [1.807, 2.05) is 24.0 Å². The zero-order chi connectivity index (χ0) is 19.2. The van der Waals surface area contributed by atoms with E-state index in [2.05, 4.69) is 10.00 Å². The summed E-state index contributed by atoms with van der Waals surface area (Å²) in [6, 6.07) is 5.82. The molecule has 1 N–H and O–H groups in total. The topological polar surface area (TPSA) is 103 Å².